The molecule has 13 heteroatoms. The minimum atomic E-state index is -1.83. The van der Waals surface area contributed by atoms with Crippen molar-refractivity contribution in [2.75, 3.05) is 20.3 Å². The van der Waals surface area contributed by atoms with Crippen LogP contribution in [0.15, 0.2) is 41.3 Å². The zero-order valence-electron chi connectivity index (χ0n) is 20.2. The van der Waals surface area contributed by atoms with E-state index in [-0.39, 0.29) is 43.7 Å². The molecule has 0 amide bonds. The number of carbonyl (C=O) groups is 1. The Morgan fingerprint density at radius 3 is 2.65 bits per heavy atom. The second-order valence-electron chi connectivity index (χ2n) is 7.75. The van der Waals surface area contributed by atoms with Crippen LogP contribution in [0.5, 0.6) is 0 Å². The number of aryl methyl sites for hydroxylation is 2. The maximum Gasteiger partial charge on any atom is 0.508 e. The maximum atomic E-state index is 14.9. The van der Waals surface area contributed by atoms with Crippen LogP contribution in [0, 0.1) is 19.7 Å². The number of aromatic nitrogens is 3. The third-order valence-corrected chi connectivity index (χ3v) is 5.74. The van der Waals surface area contributed by atoms with Crippen molar-refractivity contribution in [3.05, 3.63) is 70.6 Å². The van der Waals surface area contributed by atoms with E-state index in [1.807, 2.05) is 32.0 Å². The highest BCUT2D eigenvalue weighted by molar-refractivity contribution is 7.82. The van der Waals surface area contributed by atoms with Gasteiger partial charge in [-0.3, -0.25) is 9.68 Å². The molecule has 0 saturated carbocycles. The molecule has 0 fully saturated rings. The van der Waals surface area contributed by atoms with Crippen molar-refractivity contribution in [2.45, 2.75) is 45.6 Å². The quantitative estimate of drug-likeness (QED) is 0.202. The van der Waals surface area contributed by atoms with E-state index in [9.17, 15) is 13.4 Å². The van der Waals surface area contributed by atoms with Crippen LogP contribution >= 0.6 is 0 Å². The molecule has 0 bridgehead atoms. The van der Waals surface area contributed by atoms with Crippen LogP contribution in [0.4, 0.5) is 9.18 Å². The fraction of sp³-hybridized carbons (Fsp3) is 0.375. The summed E-state index contributed by atoms with van der Waals surface area (Å²) in [5, 5.41) is 9.72. The van der Waals surface area contributed by atoms with Gasteiger partial charge >= 0.3 is 6.16 Å². The van der Waals surface area contributed by atoms with Crippen LogP contribution in [0.3, 0.4) is 0 Å². The molecule has 1 heterocycles. The minimum Gasteiger partial charge on any atom is -0.434 e. The minimum absolute atomic E-state index is 0. The van der Waals surface area contributed by atoms with Gasteiger partial charge in [0.05, 0.1) is 25.2 Å². The zero-order chi connectivity index (χ0) is 26.1. The van der Waals surface area contributed by atoms with Crippen LogP contribution in [0.25, 0.3) is 5.69 Å². The van der Waals surface area contributed by atoms with E-state index >= 15 is 0 Å². The van der Waals surface area contributed by atoms with Crippen LogP contribution in [0.1, 0.15) is 42.2 Å². The third-order valence-electron chi connectivity index (χ3n) is 5.02. The van der Waals surface area contributed by atoms with Gasteiger partial charge in [-0.1, -0.05) is 36.8 Å². The lowest BCUT2D eigenvalue weighted by Crippen LogP contribution is -2.15. The van der Waals surface area contributed by atoms with E-state index in [0.29, 0.717) is 18.7 Å². The number of carbonyl (C=O) groups excluding carboxylic acids is 1. The highest BCUT2D eigenvalue weighted by Gasteiger charge is 2.18. The van der Waals surface area contributed by atoms with E-state index in [1.54, 1.807) is 0 Å². The molecule has 3 rings (SSSR count). The SMILES string of the molecule is C.CONOCCCOC(=O)OCc1nc(Cc2cc(C)ccc2C)n(-c2ccc(S(N)=O)cc2F)n1. The maximum absolute atomic E-state index is 14.9. The summed E-state index contributed by atoms with van der Waals surface area (Å²) in [6, 6.07) is 9.99. The zero-order valence-corrected chi connectivity index (χ0v) is 21.0. The van der Waals surface area contributed by atoms with Gasteiger partial charge in [0.25, 0.3) is 0 Å². The fourth-order valence-electron chi connectivity index (χ4n) is 3.26. The number of halogens is 1. The number of ether oxygens (including phenoxy) is 2. The molecule has 0 spiro atoms. The molecule has 11 nitrogen and oxygen atoms in total. The first-order chi connectivity index (χ1) is 17.3. The van der Waals surface area contributed by atoms with E-state index in [2.05, 4.69) is 20.6 Å². The molecule has 37 heavy (non-hydrogen) atoms. The lowest BCUT2D eigenvalue weighted by Gasteiger charge is -2.10. The van der Waals surface area contributed by atoms with Gasteiger partial charge in [0.15, 0.2) is 12.4 Å². The van der Waals surface area contributed by atoms with Crippen molar-refractivity contribution in [3.8, 4) is 5.69 Å². The summed E-state index contributed by atoms with van der Waals surface area (Å²) in [5.74, 6) is -0.0831. The Morgan fingerprint density at radius 2 is 1.95 bits per heavy atom. The molecule has 2 aromatic carbocycles. The van der Waals surface area contributed by atoms with Gasteiger partial charge in [-0.2, -0.15) is 0 Å². The molecule has 1 atom stereocenters. The fourth-order valence-corrected chi connectivity index (χ4v) is 3.68. The van der Waals surface area contributed by atoms with Crippen LogP contribution in [-0.2, 0) is 43.2 Å². The summed E-state index contributed by atoms with van der Waals surface area (Å²) in [6.45, 7) is 4.00. The van der Waals surface area contributed by atoms with Gasteiger partial charge in [-0.25, -0.2) is 28.2 Å². The Morgan fingerprint density at radius 1 is 1.16 bits per heavy atom. The van der Waals surface area contributed by atoms with Crippen molar-refractivity contribution in [2.24, 2.45) is 5.14 Å². The molecule has 3 aromatic rings. The largest absolute Gasteiger partial charge is 0.508 e. The monoisotopic (exact) mass is 537 g/mol. The molecule has 1 aromatic heterocycles. The molecule has 0 aliphatic rings. The van der Waals surface area contributed by atoms with Gasteiger partial charge in [-0.05, 0) is 43.2 Å². The summed E-state index contributed by atoms with van der Waals surface area (Å²) in [4.78, 5) is 25.9. The van der Waals surface area contributed by atoms with E-state index in [1.165, 1.54) is 23.9 Å². The van der Waals surface area contributed by atoms with Gasteiger partial charge in [0.2, 0.25) is 0 Å². The van der Waals surface area contributed by atoms with Crippen molar-refractivity contribution in [3.63, 3.8) is 0 Å². The van der Waals surface area contributed by atoms with Gasteiger partial charge < -0.3 is 9.47 Å². The molecular weight excluding hydrogens is 505 g/mol. The van der Waals surface area contributed by atoms with Crippen molar-refractivity contribution in [1.82, 2.24) is 20.4 Å². The number of hydrogen-bond acceptors (Lipinski definition) is 9. The van der Waals surface area contributed by atoms with E-state index < -0.39 is 23.0 Å². The molecule has 0 aliphatic carbocycles. The summed E-state index contributed by atoms with van der Waals surface area (Å²) in [7, 11) is -0.424. The predicted molar refractivity (Wildman–Crippen MR) is 134 cm³/mol. The number of nitrogens with zero attached hydrogens (tertiary/aromatic N) is 3. The Hall–Kier alpha value is -3.23. The summed E-state index contributed by atoms with van der Waals surface area (Å²) in [5.41, 5.74) is 5.39. The van der Waals surface area contributed by atoms with Gasteiger partial charge in [0.1, 0.15) is 28.3 Å². The average molecular weight is 538 g/mol. The Bertz CT molecular complexity index is 1220. The standard InChI is InChI=1S/C23H28FN5O6S.CH4/c1-15-5-6-16(2)17(11-15)12-22-26-21(14-34-23(30)33-9-4-10-35-28-32-3)27-29(22)20-8-7-18(36(25)31)13-19(20)24;/h5-8,11,13,28H,4,9-10,12,14,25H2,1-3H3;1H4. The Labute approximate surface area is 217 Å². The summed E-state index contributed by atoms with van der Waals surface area (Å²) < 4.78 is 37.9. The predicted octanol–water partition coefficient (Wildman–Crippen LogP) is 3.36. The Kier molecular flexibility index (Phi) is 11.8. The molecule has 3 N–H and O–H groups in total. The van der Waals surface area contributed by atoms with Gasteiger partial charge in [-0.15, -0.1) is 5.10 Å². The van der Waals surface area contributed by atoms with Crippen LogP contribution < -0.4 is 10.8 Å². The normalized spacial score (nSPS) is 11.6. The first-order valence-electron chi connectivity index (χ1n) is 10.9. The molecular formula is C24H32FN5O6S. The number of rotatable bonds is 12. The lowest BCUT2D eigenvalue weighted by atomic mass is 10.0. The smallest absolute Gasteiger partial charge is 0.434 e. The second kappa shape index (κ2) is 14.5. The summed E-state index contributed by atoms with van der Waals surface area (Å²) >= 11 is 0. The average Bonchev–Trinajstić information content (AvgIpc) is 3.24. The number of benzene rings is 2. The number of nitrogens with one attached hydrogen (secondary N) is 1. The molecule has 0 aliphatic heterocycles. The number of hydrogen-bond donors (Lipinski definition) is 2. The lowest BCUT2D eigenvalue weighted by molar-refractivity contribution is -0.153. The summed E-state index contributed by atoms with van der Waals surface area (Å²) in [6.07, 6.45) is -0.130. The van der Waals surface area contributed by atoms with Crippen LogP contribution in [-0.4, -0.2) is 45.5 Å². The third kappa shape index (κ3) is 8.68. The van der Waals surface area contributed by atoms with E-state index in [0.717, 1.165) is 22.8 Å². The van der Waals surface area contributed by atoms with Gasteiger partial charge in [0, 0.05) is 12.8 Å². The first-order valence-corrected chi connectivity index (χ1v) is 12.2. The highest BCUT2D eigenvalue weighted by Crippen LogP contribution is 2.21. The number of nitrogens with two attached hydrogens (primary N) is 1. The van der Waals surface area contributed by atoms with Crippen LogP contribution in [0.2, 0.25) is 0 Å². The topological polar surface area (TPSA) is 140 Å². The molecule has 1 unspecified atom stereocenters. The molecule has 0 saturated heterocycles. The Balaban J connectivity index is 0.00000481. The second-order valence-corrected chi connectivity index (χ2v) is 8.82. The van der Waals surface area contributed by atoms with Crippen molar-refractivity contribution >= 4 is 17.1 Å². The van der Waals surface area contributed by atoms with Crippen molar-refractivity contribution < 1.29 is 32.5 Å². The first kappa shape index (κ1) is 30.0. The van der Waals surface area contributed by atoms with Crippen molar-refractivity contribution in [1.29, 1.82) is 0 Å². The molecule has 202 valence electrons. The van der Waals surface area contributed by atoms with E-state index in [4.69, 9.17) is 19.5 Å². The molecule has 0 radical (unpaired) electrons. The highest BCUT2D eigenvalue weighted by atomic mass is 32.2.